The molecule has 0 spiro atoms. The van der Waals surface area contributed by atoms with E-state index in [1.54, 1.807) is 36.5 Å². The van der Waals surface area contributed by atoms with E-state index in [9.17, 15) is 4.79 Å². The molecule has 6 nitrogen and oxygen atoms in total. The second-order valence-electron chi connectivity index (χ2n) is 4.63. The Hall–Kier alpha value is -1.99. The van der Waals surface area contributed by atoms with Gasteiger partial charge in [-0.3, -0.25) is 5.32 Å². The molecule has 0 aromatic carbocycles. The summed E-state index contributed by atoms with van der Waals surface area (Å²) in [6.45, 7) is 3.00. The molecule has 0 aliphatic rings. The molecule has 0 saturated carbocycles. The molecule has 2 aromatic heterocycles. The zero-order valence-electron chi connectivity index (χ0n) is 12.3. The number of rotatable bonds is 5. The Bertz CT molecular complexity index is 615. The van der Waals surface area contributed by atoms with Crippen molar-refractivity contribution in [3.63, 3.8) is 0 Å². The lowest BCUT2D eigenvalue weighted by Crippen LogP contribution is -2.30. The highest BCUT2D eigenvalue weighted by Gasteiger charge is 2.11. The van der Waals surface area contributed by atoms with Crippen LogP contribution in [-0.4, -0.2) is 35.1 Å². The molecule has 2 amide bonds. The maximum absolute atomic E-state index is 12.1. The van der Waals surface area contributed by atoms with Gasteiger partial charge in [-0.05, 0) is 19.1 Å². The highest BCUT2D eigenvalue weighted by Crippen LogP contribution is 2.17. The molecule has 2 aromatic rings. The van der Waals surface area contributed by atoms with Crippen LogP contribution in [-0.2, 0) is 17.9 Å². The van der Waals surface area contributed by atoms with Crippen LogP contribution in [0.5, 0.6) is 0 Å². The van der Waals surface area contributed by atoms with Gasteiger partial charge in [0.05, 0.1) is 18.8 Å². The summed E-state index contributed by atoms with van der Waals surface area (Å²) in [5.41, 5.74) is 0.722. The van der Waals surface area contributed by atoms with Crippen LogP contribution in [0.25, 0.3) is 0 Å². The SMILES string of the molecule is COCc1cc(NC(=O)N(C)Cc2ccc(C)s2)ncn1. The molecule has 1 N–H and O–H groups in total. The first-order valence-electron chi connectivity index (χ1n) is 6.46. The van der Waals surface area contributed by atoms with Gasteiger partial charge in [0.15, 0.2) is 0 Å². The summed E-state index contributed by atoms with van der Waals surface area (Å²) in [6.07, 6.45) is 1.41. The molecular formula is C14H18N4O2S. The van der Waals surface area contributed by atoms with Gasteiger partial charge in [0, 0.05) is 30.0 Å². The minimum atomic E-state index is -0.205. The third kappa shape index (κ3) is 4.51. The lowest BCUT2D eigenvalue weighted by molar-refractivity contribution is 0.181. The molecule has 112 valence electrons. The summed E-state index contributed by atoms with van der Waals surface area (Å²) in [5.74, 6) is 0.469. The van der Waals surface area contributed by atoms with E-state index in [1.807, 2.05) is 19.1 Å². The summed E-state index contributed by atoms with van der Waals surface area (Å²) >= 11 is 1.68. The highest BCUT2D eigenvalue weighted by molar-refractivity contribution is 7.11. The lowest BCUT2D eigenvalue weighted by Gasteiger charge is -2.16. The first-order valence-corrected chi connectivity index (χ1v) is 7.27. The van der Waals surface area contributed by atoms with Crippen molar-refractivity contribution in [1.29, 1.82) is 0 Å². The van der Waals surface area contributed by atoms with Crippen LogP contribution >= 0.6 is 11.3 Å². The molecule has 0 saturated heterocycles. The fourth-order valence-corrected chi connectivity index (χ4v) is 2.72. The minimum Gasteiger partial charge on any atom is -0.378 e. The Morgan fingerprint density at radius 1 is 1.43 bits per heavy atom. The highest BCUT2D eigenvalue weighted by atomic mass is 32.1. The van der Waals surface area contributed by atoms with E-state index in [2.05, 4.69) is 15.3 Å². The molecule has 0 bridgehead atoms. The molecule has 21 heavy (non-hydrogen) atoms. The number of hydrogen-bond donors (Lipinski definition) is 1. The van der Waals surface area contributed by atoms with Crippen LogP contribution in [0.3, 0.4) is 0 Å². The van der Waals surface area contributed by atoms with Crippen molar-refractivity contribution >= 4 is 23.2 Å². The van der Waals surface area contributed by atoms with E-state index >= 15 is 0 Å². The number of anilines is 1. The standard InChI is InChI=1S/C14H18N4O2S/c1-10-4-5-12(21-10)7-18(2)14(19)17-13-6-11(8-20-3)15-9-16-13/h4-6,9H,7-8H2,1-3H3,(H,15,16,17,19). The molecule has 0 aliphatic carbocycles. The summed E-state index contributed by atoms with van der Waals surface area (Å²) in [5, 5.41) is 2.75. The second kappa shape index (κ2) is 7.14. The Labute approximate surface area is 127 Å². The summed E-state index contributed by atoms with van der Waals surface area (Å²) in [4.78, 5) is 24.2. The molecule has 2 rings (SSSR count). The van der Waals surface area contributed by atoms with Crippen molar-refractivity contribution in [2.75, 3.05) is 19.5 Å². The molecule has 0 fully saturated rings. The molecule has 0 aliphatic heterocycles. The Balaban J connectivity index is 1.95. The third-order valence-corrected chi connectivity index (χ3v) is 3.77. The quantitative estimate of drug-likeness (QED) is 0.922. The fraction of sp³-hybridized carbons (Fsp3) is 0.357. The first-order chi connectivity index (χ1) is 10.1. The lowest BCUT2D eigenvalue weighted by atomic mass is 10.4. The average Bonchev–Trinajstić information content (AvgIpc) is 2.85. The molecule has 0 radical (unpaired) electrons. The smallest absolute Gasteiger partial charge is 0.323 e. The predicted octanol–water partition coefficient (Wildman–Crippen LogP) is 2.66. The van der Waals surface area contributed by atoms with Gasteiger partial charge in [-0.2, -0.15) is 0 Å². The molecule has 7 heteroatoms. The number of hydrogen-bond acceptors (Lipinski definition) is 5. The van der Waals surface area contributed by atoms with Gasteiger partial charge in [0.1, 0.15) is 12.1 Å². The van der Waals surface area contributed by atoms with Gasteiger partial charge in [0.25, 0.3) is 0 Å². The van der Waals surface area contributed by atoms with Gasteiger partial charge in [-0.15, -0.1) is 11.3 Å². The van der Waals surface area contributed by atoms with Crippen LogP contribution in [0.15, 0.2) is 24.5 Å². The van der Waals surface area contributed by atoms with E-state index < -0.39 is 0 Å². The van der Waals surface area contributed by atoms with Crippen molar-refractivity contribution in [3.05, 3.63) is 40.0 Å². The van der Waals surface area contributed by atoms with E-state index in [4.69, 9.17) is 4.74 Å². The zero-order chi connectivity index (χ0) is 15.2. The van der Waals surface area contributed by atoms with Crippen molar-refractivity contribution < 1.29 is 9.53 Å². The summed E-state index contributed by atoms with van der Waals surface area (Å²) in [7, 11) is 3.35. The molecule has 0 unspecified atom stereocenters. The molecular weight excluding hydrogens is 288 g/mol. The Morgan fingerprint density at radius 3 is 2.90 bits per heavy atom. The van der Waals surface area contributed by atoms with Crippen molar-refractivity contribution in [2.45, 2.75) is 20.1 Å². The summed E-state index contributed by atoms with van der Waals surface area (Å²) in [6, 6.07) is 5.58. The largest absolute Gasteiger partial charge is 0.378 e. The van der Waals surface area contributed by atoms with Crippen molar-refractivity contribution in [3.8, 4) is 0 Å². The van der Waals surface area contributed by atoms with E-state index in [0.717, 1.165) is 10.6 Å². The van der Waals surface area contributed by atoms with Crippen molar-refractivity contribution in [1.82, 2.24) is 14.9 Å². The van der Waals surface area contributed by atoms with E-state index in [-0.39, 0.29) is 6.03 Å². The van der Waals surface area contributed by atoms with Crippen molar-refractivity contribution in [2.24, 2.45) is 0 Å². The number of nitrogens with zero attached hydrogens (tertiary/aromatic N) is 3. The Kier molecular flexibility index (Phi) is 5.24. The summed E-state index contributed by atoms with van der Waals surface area (Å²) < 4.78 is 5.00. The number of nitrogens with one attached hydrogen (secondary N) is 1. The molecule has 2 heterocycles. The van der Waals surface area contributed by atoms with Gasteiger partial charge in [-0.1, -0.05) is 0 Å². The van der Waals surface area contributed by atoms with Crippen LogP contribution in [0.4, 0.5) is 10.6 Å². The predicted molar refractivity (Wildman–Crippen MR) is 82.3 cm³/mol. The average molecular weight is 306 g/mol. The number of methoxy groups -OCH3 is 1. The number of ether oxygens (including phenoxy) is 1. The number of carbonyl (C=O) groups is 1. The van der Waals surface area contributed by atoms with Crippen LogP contribution in [0, 0.1) is 6.92 Å². The van der Waals surface area contributed by atoms with E-state index in [0.29, 0.717) is 19.0 Å². The van der Waals surface area contributed by atoms with Gasteiger partial charge in [0.2, 0.25) is 0 Å². The second-order valence-corrected chi connectivity index (χ2v) is 6.00. The van der Waals surface area contributed by atoms with E-state index in [1.165, 1.54) is 11.2 Å². The van der Waals surface area contributed by atoms with Gasteiger partial charge < -0.3 is 9.64 Å². The number of thiophene rings is 1. The van der Waals surface area contributed by atoms with Gasteiger partial charge in [-0.25, -0.2) is 14.8 Å². The minimum absolute atomic E-state index is 0.205. The van der Waals surface area contributed by atoms with Gasteiger partial charge >= 0.3 is 6.03 Å². The fourth-order valence-electron chi connectivity index (χ4n) is 1.77. The monoisotopic (exact) mass is 306 g/mol. The maximum atomic E-state index is 12.1. The number of aryl methyl sites for hydroxylation is 1. The van der Waals surface area contributed by atoms with Crippen LogP contribution < -0.4 is 5.32 Å². The number of aromatic nitrogens is 2. The van der Waals surface area contributed by atoms with Crippen LogP contribution in [0.2, 0.25) is 0 Å². The topological polar surface area (TPSA) is 67.3 Å². The van der Waals surface area contributed by atoms with Crippen LogP contribution in [0.1, 0.15) is 15.4 Å². The normalized spacial score (nSPS) is 10.4. The Morgan fingerprint density at radius 2 is 2.24 bits per heavy atom. The molecule has 0 atom stereocenters. The number of amides is 2. The zero-order valence-corrected chi connectivity index (χ0v) is 13.1. The first kappa shape index (κ1) is 15.4. The third-order valence-electron chi connectivity index (χ3n) is 2.79. The maximum Gasteiger partial charge on any atom is 0.323 e. The number of urea groups is 1. The number of carbonyl (C=O) groups excluding carboxylic acids is 1.